The van der Waals surface area contributed by atoms with Gasteiger partial charge in [0.25, 0.3) is 0 Å². The highest BCUT2D eigenvalue weighted by molar-refractivity contribution is 9.11. The van der Waals surface area contributed by atoms with E-state index in [1.54, 1.807) is 0 Å². The van der Waals surface area contributed by atoms with Crippen molar-refractivity contribution in [2.75, 3.05) is 0 Å². The summed E-state index contributed by atoms with van der Waals surface area (Å²) in [5.74, 6) is 0.620. The van der Waals surface area contributed by atoms with E-state index in [1.165, 1.54) is 22.3 Å². The van der Waals surface area contributed by atoms with Gasteiger partial charge in [-0.15, -0.1) is 0 Å². The van der Waals surface area contributed by atoms with Gasteiger partial charge in [-0.3, -0.25) is 0 Å². The Morgan fingerprint density at radius 3 is 1.32 bits per heavy atom. The fraction of sp³-hybridized carbons (Fsp3) is 0.226. The molecule has 0 radical (unpaired) electrons. The van der Waals surface area contributed by atoms with E-state index in [0.717, 1.165) is 29.0 Å². The first-order valence-corrected chi connectivity index (χ1v) is 16.2. The van der Waals surface area contributed by atoms with Crippen LogP contribution in [0.15, 0.2) is 95.6 Å². The molecule has 1 atom stereocenters. The van der Waals surface area contributed by atoms with E-state index >= 15 is 0 Å². The molecule has 2 nitrogen and oxygen atoms in total. The van der Waals surface area contributed by atoms with Gasteiger partial charge in [-0.1, -0.05) is 113 Å². The molecule has 0 aliphatic carbocycles. The molecule has 1 unspecified atom stereocenters. The van der Waals surface area contributed by atoms with Crippen molar-refractivity contribution >= 4 is 74.8 Å². The molecule has 0 aliphatic rings. The van der Waals surface area contributed by atoms with Gasteiger partial charge >= 0.3 is 0 Å². The smallest absolute Gasteiger partial charge is 0.240 e. The summed E-state index contributed by atoms with van der Waals surface area (Å²) in [6.07, 6.45) is 0. The molecule has 0 fully saturated rings. The summed E-state index contributed by atoms with van der Waals surface area (Å²) >= 11 is 13.2. The standard InChI is InChI=1S/C17H16Br4.C14H14O2S/c1-9-13(18)5-11(6-14(9)19)17(3,4)12-7-15(20)10(2)16(21)8-12;1-11-3-7-13(8-4-11)16-17(15)14-9-5-12(2)6-10-14/h5-8H,1-4H3;3-10H,1-2H3. The Morgan fingerprint density at radius 1 is 0.605 bits per heavy atom. The quantitative estimate of drug-likeness (QED) is 0.201. The van der Waals surface area contributed by atoms with E-state index in [1.807, 2.05) is 62.4 Å². The SMILES string of the molecule is Cc1c(Br)cc(C(C)(C)c2cc(Br)c(C)c(Br)c2)cc1Br.Cc1ccc(OS(=O)c2ccc(C)cc2)cc1. The molecule has 0 bridgehead atoms. The fourth-order valence-corrected chi connectivity index (χ4v) is 6.67. The Balaban J connectivity index is 0.000000215. The number of aryl methyl sites for hydroxylation is 2. The van der Waals surface area contributed by atoms with Crippen molar-refractivity contribution in [2.24, 2.45) is 0 Å². The molecule has 0 aliphatic heterocycles. The number of hydrogen-bond acceptors (Lipinski definition) is 2. The normalized spacial score (nSPS) is 11.9. The summed E-state index contributed by atoms with van der Waals surface area (Å²) in [5.41, 5.74) is 7.20. The Kier molecular flexibility index (Phi) is 11.0. The first-order valence-electron chi connectivity index (χ1n) is 11.9. The van der Waals surface area contributed by atoms with Crippen LogP contribution in [-0.4, -0.2) is 4.21 Å². The molecule has 0 heterocycles. The number of hydrogen-bond donors (Lipinski definition) is 0. The van der Waals surface area contributed by atoms with Crippen LogP contribution in [0.1, 0.15) is 47.2 Å². The van der Waals surface area contributed by atoms with Gasteiger partial charge in [0.15, 0.2) is 0 Å². The molecule has 200 valence electrons. The van der Waals surface area contributed by atoms with Crippen molar-refractivity contribution in [1.29, 1.82) is 0 Å². The lowest BCUT2D eigenvalue weighted by molar-refractivity contribution is 0.562. The zero-order valence-electron chi connectivity index (χ0n) is 22.2. The molecule has 0 saturated carbocycles. The van der Waals surface area contributed by atoms with Crippen LogP contribution in [-0.2, 0) is 16.5 Å². The lowest BCUT2D eigenvalue weighted by Crippen LogP contribution is -2.19. The van der Waals surface area contributed by atoms with Gasteiger partial charge in [-0.25, -0.2) is 4.21 Å². The van der Waals surface area contributed by atoms with Crippen LogP contribution < -0.4 is 4.18 Å². The second kappa shape index (κ2) is 13.4. The van der Waals surface area contributed by atoms with Crippen LogP contribution in [0, 0.1) is 27.7 Å². The van der Waals surface area contributed by atoms with E-state index in [4.69, 9.17) is 4.18 Å². The Hall–Kier alpha value is -1.25. The molecule has 4 aromatic carbocycles. The fourth-order valence-electron chi connectivity index (χ4n) is 3.56. The molecule has 0 aromatic heterocycles. The summed E-state index contributed by atoms with van der Waals surface area (Å²) < 4.78 is 21.8. The van der Waals surface area contributed by atoms with Crippen molar-refractivity contribution in [2.45, 2.75) is 51.9 Å². The molecular formula is C31H30Br4O2S. The highest BCUT2D eigenvalue weighted by atomic mass is 79.9. The van der Waals surface area contributed by atoms with Gasteiger partial charge in [0.05, 0.1) is 4.90 Å². The summed E-state index contributed by atoms with van der Waals surface area (Å²) in [7, 11) is 0. The van der Waals surface area contributed by atoms with Crippen molar-refractivity contribution in [3.8, 4) is 5.75 Å². The van der Waals surface area contributed by atoms with E-state index in [9.17, 15) is 4.21 Å². The second-order valence-electron chi connectivity index (χ2n) is 9.70. The molecule has 4 rings (SSSR count). The van der Waals surface area contributed by atoms with E-state index < -0.39 is 11.1 Å². The van der Waals surface area contributed by atoms with Crippen molar-refractivity contribution in [3.05, 3.63) is 124 Å². The highest BCUT2D eigenvalue weighted by Crippen LogP contribution is 2.39. The van der Waals surface area contributed by atoms with Crippen LogP contribution >= 0.6 is 63.7 Å². The van der Waals surface area contributed by atoms with E-state index in [-0.39, 0.29) is 5.41 Å². The zero-order chi connectivity index (χ0) is 28.2. The van der Waals surface area contributed by atoms with Crippen molar-refractivity contribution < 1.29 is 8.39 Å². The third kappa shape index (κ3) is 7.91. The maximum atomic E-state index is 11.9. The predicted molar refractivity (Wildman–Crippen MR) is 175 cm³/mol. The Bertz CT molecular complexity index is 1340. The molecule has 0 saturated heterocycles. The van der Waals surface area contributed by atoms with Gasteiger partial charge in [0, 0.05) is 23.3 Å². The van der Waals surface area contributed by atoms with Gasteiger partial charge in [0.1, 0.15) is 5.75 Å². The van der Waals surface area contributed by atoms with Crippen LogP contribution in [0.4, 0.5) is 0 Å². The van der Waals surface area contributed by atoms with Crippen LogP contribution in [0.5, 0.6) is 5.75 Å². The monoisotopic (exact) mass is 782 g/mol. The minimum absolute atomic E-state index is 0.0858. The minimum Gasteiger partial charge on any atom is -0.397 e. The third-order valence-electron chi connectivity index (χ3n) is 6.41. The molecular weight excluding hydrogens is 756 g/mol. The second-order valence-corrected chi connectivity index (χ2v) is 14.2. The molecule has 7 heteroatoms. The first kappa shape index (κ1) is 31.3. The molecule has 0 amide bonds. The largest absolute Gasteiger partial charge is 0.397 e. The highest BCUT2D eigenvalue weighted by Gasteiger charge is 2.26. The average molecular weight is 786 g/mol. The van der Waals surface area contributed by atoms with Crippen molar-refractivity contribution in [1.82, 2.24) is 0 Å². The Labute approximate surface area is 262 Å². The van der Waals surface area contributed by atoms with Crippen molar-refractivity contribution in [3.63, 3.8) is 0 Å². The Morgan fingerprint density at radius 2 is 0.947 bits per heavy atom. The number of benzene rings is 4. The maximum Gasteiger partial charge on any atom is 0.240 e. The summed E-state index contributed by atoms with van der Waals surface area (Å²) in [6.45, 7) is 12.7. The van der Waals surface area contributed by atoms with Gasteiger partial charge in [0.2, 0.25) is 11.1 Å². The summed E-state index contributed by atoms with van der Waals surface area (Å²) in [6, 6.07) is 23.8. The number of halogens is 4. The van der Waals surface area contributed by atoms with Gasteiger partial charge in [-0.05, 0) is 98.5 Å². The van der Waals surface area contributed by atoms with Crippen LogP contribution in [0.2, 0.25) is 0 Å². The lowest BCUT2D eigenvalue weighted by Gasteiger charge is -2.28. The van der Waals surface area contributed by atoms with Gasteiger partial charge in [-0.2, -0.15) is 0 Å². The molecule has 38 heavy (non-hydrogen) atoms. The zero-order valence-corrected chi connectivity index (χ0v) is 29.3. The van der Waals surface area contributed by atoms with Crippen LogP contribution in [0.25, 0.3) is 0 Å². The first-order chi connectivity index (χ1) is 17.8. The molecule has 0 N–H and O–H groups in total. The van der Waals surface area contributed by atoms with Gasteiger partial charge < -0.3 is 4.18 Å². The van der Waals surface area contributed by atoms with E-state index in [2.05, 4.69) is 116 Å². The summed E-state index contributed by atoms with van der Waals surface area (Å²) in [4.78, 5) is 0.677. The lowest BCUT2D eigenvalue weighted by atomic mass is 9.78. The topological polar surface area (TPSA) is 26.3 Å². The number of rotatable bonds is 5. The molecule has 4 aromatic rings. The van der Waals surface area contributed by atoms with Crippen LogP contribution in [0.3, 0.4) is 0 Å². The van der Waals surface area contributed by atoms with E-state index in [0.29, 0.717) is 10.6 Å². The minimum atomic E-state index is -1.45. The predicted octanol–water partition coefficient (Wildman–Crippen LogP) is 11.1. The third-order valence-corrected chi connectivity index (χ3v) is 10.7. The summed E-state index contributed by atoms with van der Waals surface area (Å²) in [5, 5.41) is 0. The average Bonchev–Trinajstić information content (AvgIpc) is 2.87. The maximum absolute atomic E-state index is 11.9. The molecule has 0 spiro atoms.